The van der Waals surface area contributed by atoms with Crippen molar-refractivity contribution in [2.45, 2.75) is 13.1 Å². The number of carbonyl (C=O) groups excluding carboxylic acids is 1. The molecule has 0 aliphatic carbocycles. The highest BCUT2D eigenvalue weighted by Crippen LogP contribution is 2.12. The lowest BCUT2D eigenvalue weighted by Crippen LogP contribution is -2.28. The highest BCUT2D eigenvalue weighted by molar-refractivity contribution is 6.30. The highest BCUT2D eigenvalue weighted by Gasteiger charge is 2.09. The van der Waals surface area contributed by atoms with Crippen molar-refractivity contribution in [3.63, 3.8) is 0 Å². The molecule has 0 radical (unpaired) electrons. The van der Waals surface area contributed by atoms with E-state index in [4.69, 9.17) is 11.6 Å². The first-order valence-corrected chi connectivity index (χ1v) is 7.43. The lowest BCUT2D eigenvalue weighted by molar-refractivity contribution is -0.122. The number of rotatable bonds is 5. The van der Waals surface area contributed by atoms with Crippen LogP contribution in [-0.2, 0) is 17.9 Å². The molecule has 0 saturated carbocycles. The van der Waals surface area contributed by atoms with Gasteiger partial charge in [0, 0.05) is 17.1 Å². The Labute approximate surface area is 138 Å². The minimum Gasteiger partial charge on any atom is -0.350 e. The van der Waals surface area contributed by atoms with Crippen molar-refractivity contribution in [3.05, 3.63) is 65.2 Å². The molecule has 1 heterocycles. The van der Waals surface area contributed by atoms with E-state index < -0.39 is 0 Å². The maximum atomic E-state index is 11.9. The Balaban J connectivity index is 1.57. The fraction of sp³-hybridized carbons (Fsp3) is 0.125. The summed E-state index contributed by atoms with van der Waals surface area (Å²) in [6.07, 6.45) is 0. The summed E-state index contributed by atoms with van der Waals surface area (Å²) >= 11 is 5.91. The van der Waals surface area contributed by atoms with Gasteiger partial charge in [-0.15, -0.1) is 10.2 Å². The molecule has 23 heavy (non-hydrogen) atoms. The number of halogens is 1. The van der Waals surface area contributed by atoms with Crippen LogP contribution < -0.4 is 5.32 Å². The molecule has 0 aliphatic heterocycles. The van der Waals surface area contributed by atoms with Crippen molar-refractivity contribution in [2.24, 2.45) is 0 Å². The molecule has 0 saturated heterocycles. The molecule has 2 aromatic carbocycles. The van der Waals surface area contributed by atoms with E-state index in [9.17, 15) is 4.79 Å². The van der Waals surface area contributed by atoms with E-state index in [1.165, 1.54) is 4.80 Å². The van der Waals surface area contributed by atoms with E-state index >= 15 is 0 Å². The third kappa shape index (κ3) is 4.14. The van der Waals surface area contributed by atoms with Crippen LogP contribution in [0.5, 0.6) is 0 Å². The van der Waals surface area contributed by atoms with Gasteiger partial charge in [-0.05, 0) is 22.9 Å². The summed E-state index contributed by atoms with van der Waals surface area (Å²) in [6.45, 7) is 0.417. The Kier molecular flexibility index (Phi) is 4.63. The fourth-order valence-electron chi connectivity index (χ4n) is 2.04. The predicted molar refractivity (Wildman–Crippen MR) is 86.6 cm³/mol. The highest BCUT2D eigenvalue weighted by atomic mass is 35.5. The molecular formula is C16H14ClN5O. The number of tetrazole rings is 1. The zero-order valence-electron chi connectivity index (χ0n) is 12.2. The van der Waals surface area contributed by atoms with Crippen LogP contribution in [0.1, 0.15) is 5.56 Å². The number of aromatic nitrogens is 4. The van der Waals surface area contributed by atoms with Gasteiger partial charge in [-0.1, -0.05) is 54.1 Å². The maximum absolute atomic E-state index is 11.9. The van der Waals surface area contributed by atoms with Gasteiger partial charge in [-0.25, -0.2) is 0 Å². The van der Waals surface area contributed by atoms with Gasteiger partial charge >= 0.3 is 0 Å². The molecule has 0 bridgehead atoms. The van der Waals surface area contributed by atoms with E-state index in [0.717, 1.165) is 11.1 Å². The van der Waals surface area contributed by atoms with Crippen molar-refractivity contribution in [1.29, 1.82) is 0 Å². The molecule has 7 heteroatoms. The van der Waals surface area contributed by atoms with Crippen molar-refractivity contribution in [3.8, 4) is 11.4 Å². The summed E-state index contributed by atoms with van der Waals surface area (Å²) in [5.41, 5.74) is 1.79. The maximum Gasteiger partial charge on any atom is 0.243 e. The minimum atomic E-state index is -0.193. The number of hydrogen-bond acceptors (Lipinski definition) is 4. The van der Waals surface area contributed by atoms with E-state index in [-0.39, 0.29) is 12.5 Å². The number of carbonyl (C=O) groups is 1. The average Bonchev–Trinajstić information content (AvgIpc) is 3.02. The molecule has 1 N–H and O–H groups in total. The minimum absolute atomic E-state index is 0.0143. The van der Waals surface area contributed by atoms with Gasteiger partial charge in [0.05, 0.1) is 0 Å². The Morgan fingerprint density at radius 2 is 1.96 bits per heavy atom. The number of benzene rings is 2. The molecule has 0 fully saturated rings. The first-order chi connectivity index (χ1) is 11.2. The summed E-state index contributed by atoms with van der Waals surface area (Å²) < 4.78 is 0. The van der Waals surface area contributed by atoms with Crippen molar-refractivity contribution >= 4 is 17.5 Å². The van der Waals surface area contributed by atoms with Crippen LogP contribution in [0.2, 0.25) is 5.02 Å². The van der Waals surface area contributed by atoms with Gasteiger partial charge < -0.3 is 5.32 Å². The zero-order chi connectivity index (χ0) is 16.1. The first kappa shape index (κ1) is 15.2. The quantitative estimate of drug-likeness (QED) is 0.780. The lowest BCUT2D eigenvalue weighted by atomic mass is 10.2. The van der Waals surface area contributed by atoms with Crippen LogP contribution in [0.3, 0.4) is 0 Å². The van der Waals surface area contributed by atoms with Crippen LogP contribution in [0.15, 0.2) is 54.6 Å². The van der Waals surface area contributed by atoms with Gasteiger partial charge in [-0.3, -0.25) is 4.79 Å². The molecule has 3 aromatic rings. The summed E-state index contributed by atoms with van der Waals surface area (Å²) in [5, 5.41) is 15.5. The molecule has 0 spiro atoms. The second-order valence-electron chi connectivity index (χ2n) is 4.92. The van der Waals surface area contributed by atoms with E-state index in [0.29, 0.717) is 17.4 Å². The fourth-order valence-corrected chi connectivity index (χ4v) is 2.26. The summed E-state index contributed by atoms with van der Waals surface area (Å²) in [6, 6.07) is 16.8. The molecule has 0 unspecified atom stereocenters. The summed E-state index contributed by atoms with van der Waals surface area (Å²) in [5.74, 6) is 0.301. The van der Waals surface area contributed by atoms with E-state index in [2.05, 4.69) is 20.7 Å². The third-order valence-electron chi connectivity index (χ3n) is 3.15. The number of amides is 1. The molecule has 1 aromatic heterocycles. The molecule has 6 nitrogen and oxygen atoms in total. The van der Waals surface area contributed by atoms with Crippen LogP contribution in [-0.4, -0.2) is 26.1 Å². The normalized spacial score (nSPS) is 10.5. The van der Waals surface area contributed by atoms with Gasteiger partial charge in [0.2, 0.25) is 11.7 Å². The van der Waals surface area contributed by atoms with Gasteiger partial charge in [0.1, 0.15) is 6.54 Å². The second kappa shape index (κ2) is 7.02. The molecule has 3 rings (SSSR count). The van der Waals surface area contributed by atoms with Crippen molar-refractivity contribution in [1.82, 2.24) is 25.5 Å². The second-order valence-corrected chi connectivity index (χ2v) is 5.35. The Morgan fingerprint density at radius 3 is 2.74 bits per heavy atom. The largest absolute Gasteiger partial charge is 0.350 e. The smallest absolute Gasteiger partial charge is 0.243 e. The first-order valence-electron chi connectivity index (χ1n) is 7.05. The van der Waals surface area contributed by atoms with Crippen molar-refractivity contribution in [2.75, 3.05) is 0 Å². The summed E-state index contributed by atoms with van der Waals surface area (Å²) in [4.78, 5) is 13.2. The number of hydrogen-bond donors (Lipinski definition) is 1. The Hall–Kier alpha value is -2.73. The predicted octanol–water partition coefficient (Wildman–Crippen LogP) is 2.31. The lowest BCUT2D eigenvalue weighted by Gasteiger charge is -2.04. The van der Waals surface area contributed by atoms with E-state index in [1.54, 1.807) is 6.07 Å². The average molecular weight is 328 g/mol. The topological polar surface area (TPSA) is 72.7 Å². The Morgan fingerprint density at radius 1 is 1.13 bits per heavy atom. The Bertz CT molecular complexity index is 803. The van der Waals surface area contributed by atoms with Gasteiger partial charge in [0.25, 0.3) is 0 Å². The molecule has 116 valence electrons. The number of nitrogens with one attached hydrogen (secondary N) is 1. The van der Waals surface area contributed by atoms with Gasteiger partial charge in [0.15, 0.2) is 0 Å². The number of nitrogens with zero attached hydrogens (tertiary/aromatic N) is 4. The van der Waals surface area contributed by atoms with Crippen LogP contribution in [0.25, 0.3) is 11.4 Å². The SMILES string of the molecule is O=C(Cn1nnc(-c2ccccc2)n1)NCc1cccc(Cl)c1. The van der Waals surface area contributed by atoms with Gasteiger partial charge in [-0.2, -0.15) is 4.80 Å². The third-order valence-corrected chi connectivity index (χ3v) is 3.38. The van der Waals surface area contributed by atoms with E-state index in [1.807, 2.05) is 48.5 Å². The van der Waals surface area contributed by atoms with Crippen LogP contribution in [0, 0.1) is 0 Å². The molecule has 0 atom stereocenters. The van der Waals surface area contributed by atoms with Crippen molar-refractivity contribution < 1.29 is 4.79 Å². The van der Waals surface area contributed by atoms with Crippen LogP contribution >= 0.6 is 11.6 Å². The monoisotopic (exact) mass is 327 g/mol. The molecule has 1 amide bonds. The molecule has 0 aliphatic rings. The standard InChI is InChI=1S/C16H14ClN5O/c17-14-8-4-5-12(9-14)10-18-15(23)11-22-20-16(19-21-22)13-6-2-1-3-7-13/h1-9H,10-11H2,(H,18,23). The zero-order valence-corrected chi connectivity index (χ0v) is 12.9. The summed E-state index contributed by atoms with van der Waals surface area (Å²) in [7, 11) is 0. The van der Waals surface area contributed by atoms with Crippen LogP contribution in [0.4, 0.5) is 0 Å². The molecular weight excluding hydrogens is 314 g/mol.